The lowest BCUT2D eigenvalue weighted by Gasteiger charge is -2.31. The quantitative estimate of drug-likeness (QED) is 0.850. The Morgan fingerprint density at radius 3 is 3.06 bits per heavy atom. The maximum absolute atomic E-state index is 5.85. The molecule has 0 amide bonds. The van der Waals surface area contributed by atoms with Gasteiger partial charge in [-0.1, -0.05) is 12.1 Å². The molecular formula is C13H16BrNO. The number of hydrogen-bond acceptors (Lipinski definition) is 2. The van der Waals surface area contributed by atoms with Crippen LogP contribution in [0.5, 0.6) is 0 Å². The zero-order chi connectivity index (χ0) is 11.0. The number of halogens is 1. The smallest absolute Gasteiger partial charge is 0.0645 e. The van der Waals surface area contributed by atoms with Crippen LogP contribution in [-0.4, -0.2) is 19.3 Å². The second-order valence-electron chi connectivity index (χ2n) is 4.58. The average Bonchev–Trinajstić information content (AvgIpc) is 2.82. The van der Waals surface area contributed by atoms with Gasteiger partial charge >= 0.3 is 0 Å². The molecular weight excluding hydrogens is 266 g/mol. The molecule has 0 aromatic heterocycles. The maximum atomic E-state index is 5.85. The average molecular weight is 282 g/mol. The molecule has 2 unspecified atom stereocenters. The molecule has 2 aliphatic rings. The Balaban J connectivity index is 1.96. The Hall–Kier alpha value is -0.540. The summed E-state index contributed by atoms with van der Waals surface area (Å²) in [7, 11) is 0. The second kappa shape index (κ2) is 4.38. The molecule has 2 nitrogen and oxygen atoms in total. The summed E-state index contributed by atoms with van der Waals surface area (Å²) in [6.07, 6.45) is 4.07. The van der Waals surface area contributed by atoms with Gasteiger partial charge in [0.1, 0.15) is 0 Å². The van der Waals surface area contributed by atoms with E-state index in [4.69, 9.17) is 4.74 Å². The van der Waals surface area contributed by atoms with Crippen molar-refractivity contribution in [2.45, 2.75) is 31.3 Å². The number of nitrogens with one attached hydrogen (secondary N) is 1. The number of para-hydroxylation sites is 1. The molecule has 2 atom stereocenters. The molecule has 0 radical (unpaired) electrons. The molecule has 1 saturated heterocycles. The minimum atomic E-state index is 0.440. The maximum Gasteiger partial charge on any atom is 0.0645 e. The van der Waals surface area contributed by atoms with Crippen LogP contribution in [0.3, 0.4) is 0 Å². The first-order valence-electron chi connectivity index (χ1n) is 6.00. The molecule has 1 N–H and O–H groups in total. The molecule has 0 saturated carbocycles. The number of rotatable bonds is 1. The third-order valence-corrected chi connectivity index (χ3v) is 4.28. The van der Waals surface area contributed by atoms with E-state index in [1.807, 2.05) is 0 Å². The van der Waals surface area contributed by atoms with Gasteiger partial charge in [-0.25, -0.2) is 0 Å². The molecule has 1 aromatic rings. The van der Waals surface area contributed by atoms with Gasteiger partial charge in [-0.05, 0) is 46.8 Å². The van der Waals surface area contributed by atoms with Crippen molar-refractivity contribution in [3.8, 4) is 0 Å². The summed E-state index contributed by atoms with van der Waals surface area (Å²) in [5.74, 6) is 0.580. The number of benzene rings is 1. The van der Waals surface area contributed by atoms with E-state index in [-0.39, 0.29) is 0 Å². The van der Waals surface area contributed by atoms with Crippen molar-refractivity contribution in [1.29, 1.82) is 0 Å². The summed E-state index contributed by atoms with van der Waals surface area (Å²) in [6.45, 7) is 2.00. The van der Waals surface area contributed by atoms with Crippen molar-refractivity contribution in [3.05, 3.63) is 28.2 Å². The van der Waals surface area contributed by atoms with Gasteiger partial charge in [0, 0.05) is 23.5 Å². The van der Waals surface area contributed by atoms with E-state index in [1.54, 1.807) is 0 Å². The Kier molecular flexibility index (Phi) is 2.90. The molecule has 3 rings (SSSR count). The van der Waals surface area contributed by atoms with Crippen LogP contribution in [0.1, 0.15) is 30.7 Å². The van der Waals surface area contributed by atoms with E-state index in [0.29, 0.717) is 12.0 Å². The summed E-state index contributed by atoms with van der Waals surface area (Å²) in [5, 5.41) is 3.48. The first kappa shape index (κ1) is 10.6. The van der Waals surface area contributed by atoms with Crippen LogP contribution in [-0.2, 0) is 4.74 Å². The Morgan fingerprint density at radius 1 is 1.31 bits per heavy atom. The van der Waals surface area contributed by atoms with Gasteiger partial charge in [-0.3, -0.25) is 0 Å². The summed E-state index contributed by atoms with van der Waals surface area (Å²) >= 11 is 3.61. The zero-order valence-corrected chi connectivity index (χ0v) is 10.8. The number of ether oxygens (including phenoxy) is 1. The Morgan fingerprint density at radius 2 is 2.25 bits per heavy atom. The van der Waals surface area contributed by atoms with Gasteiger partial charge in [-0.15, -0.1) is 0 Å². The lowest BCUT2D eigenvalue weighted by atomic mass is 9.85. The van der Waals surface area contributed by atoms with Gasteiger partial charge in [0.05, 0.1) is 11.8 Å². The second-order valence-corrected chi connectivity index (χ2v) is 5.43. The van der Waals surface area contributed by atoms with Crippen molar-refractivity contribution >= 4 is 21.6 Å². The minimum Gasteiger partial charge on any atom is -0.384 e. The van der Waals surface area contributed by atoms with E-state index in [2.05, 4.69) is 39.4 Å². The molecule has 0 aliphatic carbocycles. The van der Waals surface area contributed by atoms with E-state index >= 15 is 0 Å². The highest BCUT2D eigenvalue weighted by molar-refractivity contribution is 9.10. The molecule has 0 spiro atoms. The molecule has 86 valence electrons. The summed E-state index contributed by atoms with van der Waals surface area (Å²) in [4.78, 5) is 0. The fourth-order valence-electron chi connectivity index (χ4n) is 2.85. The topological polar surface area (TPSA) is 21.3 Å². The number of fused-ring (bicyclic) bond motifs is 1. The molecule has 2 aliphatic heterocycles. The lowest BCUT2D eigenvalue weighted by Crippen LogP contribution is -2.26. The first-order chi connectivity index (χ1) is 7.86. The molecule has 3 heteroatoms. The van der Waals surface area contributed by atoms with E-state index in [9.17, 15) is 0 Å². The third kappa shape index (κ3) is 1.76. The van der Waals surface area contributed by atoms with Crippen LogP contribution in [0.2, 0.25) is 0 Å². The van der Waals surface area contributed by atoms with Gasteiger partial charge in [0.15, 0.2) is 0 Å². The van der Waals surface area contributed by atoms with Crippen molar-refractivity contribution in [3.63, 3.8) is 0 Å². The monoisotopic (exact) mass is 281 g/mol. The fourth-order valence-corrected chi connectivity index (χ4v) is 3.37. The normalized spacial score (nSPS) is 28.6. The highest BCUT2D eigenvalue weighted by Gasteiger charge is 2.31. The van der Waals surface area contributed by atoms with Crippen molar-refractivity contribution in [1.82, 2.24) is 0 Å². The van der Waals surface area contributed by atoms with Crippen molar-refractivity contribution < 1.29 is 4.74 Å². The predicted molar refractivity (Wildman–Crippen MR) is 69.0 cm³/mol. The van der Waals surface area contributed by atoms with Crippen LogP contribution >= 0.6 is 15.9 Å². The summed E-state index contributed by atoms with van der Waals surface area (Å²) < 4.78 is 7.02. The standard InChI is InChI=1S/C13H16BrNO/c14-11-4-1-3-10-9(6-7-15-13(10)11)12-5-2-8-16-12/h1,3-4,9,12,15H,2,5-8H2. The van der Waals surface area contributed by atoms with Crippen molar-refractivity contribution in [2.75, 3.05) is 18.5 Å². The SMILES string of the molecule is Brc1cccc2c1NCCC2C1CCCO1. The van der Waals surface area contributed by atoms with Gasteiger partial charge < -0.3 is 10.1 Å². The highest BCUT2D eigenvalue weighted by Crippen LogP contribution is 2.41. The summed E-state index contributed by atoms with van der Waals surface area (Å²) in [6, 6.07) is 6.46. The van der Waals surface area contributed by atoms with Crippen LogP contribution in [0, 0.1) is 0 Å². The summed E-state index contributed by atoms with van der Waals surface area (Å²) in [5.41, 5.74) is 2.70. The minimum absolute atomic E-state index is 0.440. The van der Waals surface area contributed by atoms with Crippen LogP contribution in [0.4, 0.5) is 5.69 Å². The molecule has 16 heavy (non-hydrogen) atoms. The fraction of sp³-hybridized carbons (Fsp3) is 0.538. The number of anilines is 1. The van der Waals surface area contributed by atoms with Crippen LogP contribution < -0.4 is 5.32 Å². The van der Waals surface area contributed by atoms with E-state index < -0.39 is 0 Å². The Labute approximate surface area is 105 Å². The molecule has 1 fully saturated rings. The van der Waals surface area contributed by atoms with Gasteiger partial charge in [0.2, 0.25) is 0 Å². The van der Waals surface area contributed by atoms with Crippen LogP contribution in [0.15, 0.2) is 22.7 Å². The van der Waals surface area contributed by atoms with E-state index in [1.165, 1.54) is 35.0 Å². The predicted octanol–water partition coefficient (Wildman–Crippen LogP) is 3.53. The van der Waals surface area contributed by atoms with Gasteiger partial charge in [0.25, 0.3) is 0 Å². The molecule has 2 heterocycles. The zero-order valence-electron chi connectivity index (χ0n) is 9.21. The largest absolute Gasteiger partial charge is 0.384 e. The third-order valence-electron chi connectivity index (χ3n) is 3.62. The molecule has 1 aromatic carbocycles. The number of hydrogen-bond donors (Lipinski definition) is 1. The Bertz CT molecular complexity index is 388. The highest BCUT2D eigenvalue weighted by atomic mass is 79.9. The molecule has 0 bridgehead atoms. The van der Waals surface area contributed by atoms with E-state index in [0.717, 1.165) is 13.2 Å². The van der Waals surface area contributed by atoms with Gasteiger partial charge in [-0.2, -0.15) is 0 Å². The van der Waals surface area contributed by atoms with Crippen LogP contribution in [0.25, 0.3) is 0 Å². The lowest BCUT2D eigenvalue weighted by molar-refractivity contribution is 0.0860. The van der Waals surface area contributed by atoms with Crippen molar-refractivity contribution in [2.24, 2.45) is 0 Å². The first-order valence-corrected chi connectivity index (χ1v) is 6.79.